The highest BCUT2D eigenvalue weighted by Crippen LogP contribution is 2.25. The van der Waals surface area contributed by atoms with Crippen molar-refractivity contribution in [2.45, 2.75) is 31.5 Å². The number of ether oxygens (including phenoxy) is 2. The molecule has 6 heteroatoms. The monoisotopic (exact) mass is 357 g/mol. The number of methoxy groups -OCH3 is 1. The van der Waals surface area contributed by atoms with Crippen molar-refractivity contribution in [2.75, 3.05) is 19.0 Å². The number of halogens is 1. The predicted molar refractivity (Wildman–Crippen MR) is 85.2 cm³/mol. The first-order chi connectivity index (χ1) is 9.79. The molecule has 0 aliphatic carbocycles. The first-order valence-electron chi connectivity index (χ1n) is 6.65. The lowest BCUT2D eigenvalue weighted by Gasteiger charge is -2.17. The minimum atomic E-state index is -0.699. The molecule has 0 radical (unpaired) electrons. The van der Waals surface area contributed by atoms with Crippen molar-refractivity contribution in [3.63, 3.8) is 0 Å². The number of carbonyl (C=O) groups is 2. The van der Waals surface area contributed by atoms with Crippen molar-refractivity contribution in [1.29, 1.82) is 0 Å². The smallest absolute Gasteiger partial charge is 0.341 e. The van der Waals surface area contributed by atoms with Gasteiger partial charge in [-0.2, -0.15) is 0 Å². The van der Waals surface area contributed by atoms with E-state index in [1.54, 1.807) is 32.0 Å². The number of rotatable bonds is 6. The summed E-state index contributed by atoms with van der Waals surface area (Å²) >= 11 is 3.28. The van der Waals surface area contributed by atoms with Crippen LogP contribution in [0.1, 0.15) is 37.6 Å². The number of anilines is 1. The van der Waals surface area contributed by atoms with Gasteiger partial charge in [0.15, 0.2) is 0 Å². The molecule has 21 heavy (non-hydrogen) atoms. The van der Waals surface area contributed by atoms with Gasteiger partial charge in [-0.05, 0) is 38.5 Å². The summed E-state index contributed by atoms with van der Waals surface area (Å²) in [6.45, 7) is 5.96. The number of hydrogen-bond acceptors (Lipinski definition) is 4. The zero-order valence-corrected chi connectivity index (χ0v) is 14.2. The maximum absolute atomic E-state index is 11.9. The first kappa shape index (κ1) is 17.5. The summed E-state index contributed by atoms with van der Waals surface area (Å²) in [6.07, 6.45) is 0.830. The molecule has 0 unspecified atom stereocenters. The second-order valence-corrected chi connectivity index (χ2v) is 6.96. The summed E-state index contributed by atoms with van der Waals surface area (Å²) in [7, 11) is 1.30. The Labute approximate surface area is 133 Å². The fourth-order valence-electron chi connectivity index (χ4n) is 1.49. The summed E-state index contributed by atoms with van der Waals surface area (Å²) in [5.74, 6) is -0.268. The molecule has 0 spiro atoms. The van der Waals surface area contributed by atoms with Crippen LogP contribution in [0.2, 0.25) is 0 Å². The Balaban J connectivity index is 3.04. The predicted octanol–water partition coefficient (Wildman–Crippen LogP) is 3.37. The van der Waals surface area contributed by atoms with Gasteiger partial charge in [0.1, 0.15) is 11.3 Å². The third-order valence-corrected chi connectivity index (χ3v) is 3.00. The number of nitrogens with one attached hydrogen (secondary N) is 1. The van der Waals surface area contributed by atoms with Gasteiger partial charge in [-0.3, -0.25) is 4.79 Å². The Morgan fingerprint density at radius 3 is 2.52 bits per heavy atom. The molecule has 5 nitrogen and oxygen atoms in total. The molecule has 1 aromatic carbocycles. The van der Waals surface area contributed by atoms with Crippen LogP contribution in [-0.2, 0) is 9.53 Å². The molecule has 1 rings (SSSR count). The molecule has 0 saturated carbocycles. The fourth-order valence-corrected chi connectivity index (χ4v) is 1.59. The third-order valence-electron chi connectivity index (χ3n) is 2.64. The van der Waals surface area contributed by atoms with Crippen LogP contribution < -0.4 is 10.1 Å². The number of amides is 1. The van der Waals surface area contributed by atoms with Gasteiger partial charge in [-0.1, -0.05) is 22.9 Å². The Hall–Kier alpha value is -1.56. The largest absolute Gasteiger partial charge is 0.493 e. The summed E-state index contributed by atoms with van der Waals surface area (Å²) < 4.78 is 9.56. The van der Waals surface area contributed by atoms with E-state index in [1.165, 1.54) is 7.11 Å². The van der Waals surface area contributed by atoms with Gasteiger partial charge in [0.2, 0.25) is 5.91 Å². The van der Waals surface area contributed by atoms with Crippen molar-refractivity contribution in [2.24, 2.45) is 0 Å². The summed E-state index contributed by atoms with van der Waals surface area (Å²) in [4.78, 5) is 23.7. The van der Waals surface area contributed by atoms with E-state index in [1.807, 2.05) is 6.92 Å². The van der Waals surface area contributed by atoms with Crippen molar-refractivity contribution >= 4 is 33.5 Å². The molecule has 0 fully saturated rings. The lowest BCUT2D eigenvalue weighted by molar-refractivity contribution is -0.117. The zero-order valence-electron chi connectivity index (χ0n) is 12.7. The standard InChI is InChI=1S/C15H20BrNO4/c1-5-8-21-12-7-6-10(9-11(12)13(18)20-4)17-14(19)15(2,3)16/h6-7,9H,5,8H2,1-4H3,(H,17,19). The number of benzene rings is 1. The minimum absolute atomic E-state index is 0.208. The van der Waals surface area contributed by atoms with Crippen LogP contribution in [0.15, 0.2) is 18.2 Å². The van der Waals surface area contributed by atoms with Crippen molar-refractivity contribution in [1.82, 2.24) is 0 Å². The lowest BCUT2D eigenvalue weighted by Crippen LogP contribution is -2.31. The average molecular weight is 358 g/mol. The molecule has 0 bridgehead atoms. The topological polar surface area (TPSA) is 64.6 Å². The Kier molecular flexibility index (Phi) is 6.20. The summed E-state index contributed by atoms with van der Waals surface area (Å²) in [6, 6.07) is 4.89. The van der Waals surface area contributed by atoms with Crippen LogP contribution in [0.25, 0.3) is 0 Å². The Bertz CT molecular complexity index is 523. The summed E-state index contributed by atoms with van der Waals surface area (Å²) in [5, 5.41) is 2.74. The SMILES string of the molecule is CCCOc1ccc(NC(=O)C(C)(C)Br)cc1C(=O)OC. The van der Waals surface area contributed by atoms with Gasteiger partial charge in [0.25, 0.3) is 0 Å². The molecule has 116 valence electrons. The molecular weight excluding hydrogens is 338 g/mol. The van der Waals surface area contributed by atoms with E-state index in [9.17, 15) is 9.59 Å². The Morgan fingerprint density at radius 2 is 2.00 bits per heavy atom. The normalized spacial score (nSPS) is 10.9. The van der Waals surface area contributed by atoms with E-state index < -0.39 is 10.3 Å². The van der Waals surface area contributed by atoms with Crippen LogP contribution in [0.5, 0.6) is 5.75 Å². The molecule has 1 N–H and O–H groups in total. The van der Waals surface area contributed by atoms with Crippen LogP contribution in [0.4, 0.5) is 5.69 Å². The number of hydrogen-bond donors (Lipinski definition) is 1. The van der Waals surface area contributed by atoms with Crippen molar-refractivity contribution < 1.29 is 19.1 Å². The second-order valence-electron chi connectivity index (χ2n) is 4.98. The molecule has 0 saturated heterocycles. The molecular formula is C15H20BrNO4. The van der Waals surface area contributed by atoms with Gasteiger partial charge in [-0.15, -0.1) is 0 Å². The quantitative estimate of drug-likeness (QED) is 0.626. The fraction of sp³-hybridized carbons (Fsp3) is 0.467. The molecule has 0 aliphatic rings. The molecule has 1 amide bonds. The highest BCUT2D eigenvalue weighted by molar-refractivity contribution is 9.10. The second kappa shape index (κ2) is 7.45. The lowest BCUT2D eigenvalue weighted by atomic mass is 10.1. The zero-order chi connectivity index (χ0) is 16.0. The number of carbonyl (C=O) groups excluding carboxylic acids is 2. The summed E-state index contributed by atoms with van der Waals surface area (Å²) in [5.41, 5.74) is 0.799. The van der Waals surface area contributed by atoms with Gasteiger partial charge in [0.05, 0.1) is 18.0 Å². The first-order valence-corrected chi connectivity index (χ1v) is 7.44. The van der Waals surface area contributed by atoms with Crippen LogP contribution in [0.3, 0.4) is 0 Å². The van der Waals surface area contributed by atoms with Crippen LogP contribution >= 0.6 is 15.9 Å². The van der Waals surface area contributed by atoms with Gasteiger partial charge >= 0.3 is 5.97 Å². The molecule has 0 aromatic heterocycles. The van der Waals surface area contributed by atoms with E-state index in [4.69, 9.17) is 9.47 Å². The van der Waals surface area contributed by atoms with Crippen molar-refractivity contribution in [3.05, 3.63) is 23.8 Å². The van der Waals surface area contributed by atoms with Gasteiger partial charge in [0, 0.05) is 5.69 Å². The number of alkyl halides is 1. The van der Waals surface area contributed by atoms with E-state index in [0.29, 0.717) is 18.0 Å². The van der Waals surface area contributed by atoms with Gasteiger partial charge in [-0.25, -0.2) is 4.79 Å². The van der Waals surface area contributed by atoms with E-state index in [-0.39, 0.29) is 11.5 Å². The van der Waals surface area contributed by atoms with E-state index in [2.05, 4.69) is 21.2 Å². The maximum atomic E-state index is 11.9. The molecule has 0 heterocycles. The third kappa shape index (κ3) is 5.04. The average Bonchev–Trinajstić information content (AvgIpc) is 2.43. The maximum Gasteiger partial charge on any atom is 0.341 e. The highest BCUT2D eigenvalue weighted by Gasteiger charge is 2.24. The molecule has 1 aromatic rings. The molecule has 0 aliphatic heterocycles. The number of esters is 1. The Morgan fingerprint density at radius 1 is 1.33 bits per heavy atom. The van der Waals surface area contributed by atoms with Crippen molar-refractivity contribution in [3.8, 4) is 5.75 Å². The molecule has 0 atom stereocenters. The van der Waals surface area contributed by atoms with Crippen LogP contribution in [-0.4, -0.2) is 29.9 Å². The van der Waals surface area contributed by atoms with Gasteiger partial charge < -0.3 is 14.8 Å². The van der Waals surface area contributed by atoms with E-state index >= 15 is 0 Å². The van der Waals surface area contributed by atoms with E-state index in [0.717, 1.165) is 6.42 Å². The highest BCUT2D eigenvalue weighted by atomic mass is 79.9. The minimum Gasteiger partial charge on any atom is -0.493 e. The van der Waals surface area contributed by atoms with Crippen LogP contribution in [0, 0.1) is 0 Å².